The Morgan fingerprint density at radius 1 is 1.36 bits per heavy atom. The molecule has 1 atom stereocenters. The Kier molecular flexibility index (Phi) is 5.26. The van der Waals surface area contributed by atoms with E-state index in [0.717, 1.165) is 21.0 Å². The van der Waals surface area contributed by atoms with Gasteiger partial charge in [0.05, 0.1) is 22.1 Å². The highest BCUT2D eigenvalue weighted by atomic mass is 32.2. The van der Waals surface area contributed by atoms with Gasteiger partial charge in [0.1, 0.15) is 10.7 Å². The maximum atomic E-state index is 12.3. The van der Waals surface area contributed by atoms with Gasteiger partial charge < -0.3 is 10.3 Å². The van der Waals surface area contributed by atoms with E-state index in [1.54, 1.807) is 0 Å². The lowest BCUT2D eigenvalue weighted by Gasteiger charge is -2.10. The van der Waals surface area contributed by atoms with Crippen LogP contribution in [0.5, 0.6) is 0 Å². The van der Waals surface area contributed by atoms with Crippen molar-refractivity contribution < 1.29 is 4.79 Å². The molecule has 0 bridgehead atoms. The smallest absolute Gasteiger partial charge is 0.259 e. The zero-order valence-corrected chi connectivity index (χ0v) is 16.7. The number of thiazole rings is 1. The topological polar surface area (TPSA) is 87.7 Å². The molecular formula is C16H18N4O2S3. The lowest BCUT2D eigenvalue weighted by atomic mass is 10.2. The average molecular weight is 395 g/mol. The number of fused-ring (bicyclic) bond motifs is 1. The molecule has 1 unspecified atom stereocenters. The van der Waals surface area contributed by atoms with Crippen LogP contribution in [-0.2, 0) is 10.5 Å². The highest BCUT2D eigenvalue weighted by Gasteiger charge is 2.17. The second-order valence-electron chi connectivity index (χ2n) is 5.71. The van der Waals surface area contributed by atoms with Crippen molar-refractivity contribution in [2.45, 2.75) is 38.7 Å². The van der Waals surface area contributed by atoms with Gasteiger partial charge in [-0.05, 0) is 33.3 Å². The van der Waals surface area contributed by atoms with E-state index < -0.39 is 0 Å². The molecule has 0 saturated heterocycles. The number of nitrogens with zero attached hydrogens (tertiary/aromatic N) is 2. The van der Waals surface area contributed by atoms with Gasteiger partial charge in [0.25, 0.3) is 5.56 Å². The molecule has 0 spiro atoms. The molecule has 9 heteroatoms. The number of anilines is 1. The van der Waals surface area contributed by atoms with Gasteiger partial charge in [0.2, 0.25) is 5.91 Å². The molecule has 3 heterocycles. The normalized spacial score (nSPS) is 12.5. The zero-order chi connectivity index (χ0) is 18.1. The van der Waals surface area contributed by atoms with E-state index in [1.807, 2.05) is 33.1 Å². The van der Waals surface area contributed by atoms with Crippen LogP contribution in [0.3, 0.4) is 0 Å². The number of rotatable bonds is 5. The first-order chi connectivity index (χ1) is 11.8. The van der Waals surface area contributed by atoms with Crippen LogP contribution in [0.2, 0.25) is 0 Å². The Balaban J connectivity index is 1.67. The van der Waals surface area contributed by atoms with Gasteiger partial charge in [-0.2, -0.15) is 0 Å². The number of aryl methyl sites for hydroxylation is 3. The van der Waals surface area contributed by atoms with E-state index in [0.29, 0.717) is 22.1 Å². The molecule has 1 amide bonds. The number of hydrogen-bond donors (Lipinski definition) is 2. The first-order valence-electron chi connectivity index (χ1n) is 7.68. The summed E-state index contributed by atoms with van der Waals surface area (Å²) in [7, 11) is 0. The molecule has 0 saturated carbocycles. The van der Waals surface area contributed by atoms with Crippen LogP contribution in [0.1, 0.15) is 28.9 Å². The monoisotopic (exact) mass is 394 g/mol. The Morgan fingerprint density at radius 3 is 2.80 bits per heavy atom. The molecule has 3 aromatic heterocycles. The molecular weight excluding hydrogens is 376 g/mol. The van der Waals surface area contributed by atoms with E-state index in [1.165, 1.54) is 34.4 Å². The van der Waals surface area contributed by atoms with Crippen molar-refractivity contribution in [2.24, 2.45) is 0 Å². The molecule has 132 valence electrons. The van der Waals surface area contributed by atoms with Crippen LogP contribution in [0.25, 0.3) is 10.2 Å². The Bertz CT molecular complexity index is 989. The summed E-state index contributed by atoms with van der Waals surface area (Å²) >= 11 is 4.36. The van der Waals surface area contributed by atoms with Crippen LogP contribution in [0.15, 0.2) is 10.2 Å². The predicted octanol–water partition coefficient (Wildman–Crippen LogP) is 3.63. The number of aromatic amines is 1. The van der Waals surface area contributed by atoms with Crippen molar-refractivity contribution in [1.82, 2.24) is 15.0 Å². The van der Waals surface area contributed by atoms with Crippen LogP contribution in [-0.4, -0.2) is 26.1 Å². The van der Waals surface area contributed by atoms with Gasteiger partial charge in [0, 0.05) is 10.3 Å². The number of thioether (sulfide) groups is 1. The molecule has 0 radical (unpaired) electrons. The zero-order valence-electron chi connectivity index (χ0n) is 14.3. The molecule has 3 rings (SSSR count). The average Bonchev–Trinajstić information content (AvgIpc) is 3.08. The first-order valence-corrected chi connectivity index (χ1v) is 10.4. The van der Waals surface area contributed by atoms with Crippen molar-refractivity contribution in [1.29, 1.82) is 0 Å². The first kappa shape index (κ1) is 18.1. The number of aromatic nitrogens is 3. The fourth-order valence-electron chi connectivity index (χ4n) is 2.27. The Hall–Kier alpha value is -1.71. The second kappa shape index (κ2) is 7.27. The summed E-state index contributed by atoms with van der Waals surface area (Å²) in [4.78, 5) is 37.9. The maximum Gasteiger partial charge on any atom is 0.259 e. The van der Waals surface area contributed by atoms with Crippen molar-refractivity contribution in [3.8, 4) is 0 Å². The summed E-state index contributed by atoms with van der Waals surface area (Å²) in [6, 6.07) is 0. The van der Waals surface area contributed by atoms with E-state index in [4.69, 9.17) is 0 Å². The van der Waals surface area contributed by atoms with Gasteiger partial charge >= 0.3 is 0 Å². The minimum atomic E-state index is -0.281. The van der Waals surface area contributed by atoms with Crippen molar-refractivity contribution in [2.75, 3.05) is 5.32 Å². The molecule has 0 aliphatic heterocycles. The fraction of sp³-hybridized carbons (Fsp3) is 0.375. The number of thiophene rings is 1. The van der Waals surface area contributed by atoms with E-state index in [-0.39, 0.29) is 16.7 Å². The molecule has 0 fully saturated rings. The lowest BCUT2D eigenvalue weighted by molar-refractivity contribution is -0.115. The minimum Gasteiger partial charge on any atom is -0.309 e. The van der Waals surface area contributed by atoms with Gasteiger partial charge in [-0.3, -0.25) is 9.59 Å². The van der Waals surface area contributed by atoms with E-state index in [2.05, 4.69) is 20.3 Å². The highest BCUT2D eigenvalue weighted by Crippen LogP contribution is 2.26. The van der Waals surface area contributed by atoms with E-state index >= 15 is 0 Å². The van der Waals surface area contributed by atoms with Gasteiger partial charge in [-0.15, -0.1) is 34.4 Å². The second-order valence-corrected chi connectivity index (χ2v) is 9.10. The van der Waals surface area contributed by atoms with Gasteiger partial charge in [-0.1, -0.05) is 0 Å². The van der Waals surface area contributed by atoms with Crippen molar-refractivity contribution in [3.05, 3.63) is 37.7 Å². The molecule has 0 aliphatic rings. The summed E-state index contributed by atoms with van der Waals surface area (Å²) in [5.74, 6) is 0.950. The van der Waals surface area contributed by atoms with Crippen LogP contribution in [0.4, 0.5) is 5.13 Å². The highest BCUT2D eigenvalue weighted by molar-refractivity contribution is 7.99. The minimum absolute atomic E-state index is 0.106. The number of carbonyl (C=O) groups is 1. The molecule has 3 aromatic rings. The summed E-state index contributed by atoms with van der Waals surface area (Å²) in [5.41, 5.74) is 1.76. The number of hydrogen-bond acceptors (Lipinski definition) is 7. The molecule has 25 heavy (non-hydrogen) atoms. The molecule has 6 nitrogen and oxygen atoms in total. The van der Waals surface area contributed by atoms with Gasteiger partial charge in [-0.25, -0.2) is 9.97 Å². The third-order valence-corrected chi connectivity index (χ3v) is 6.91. The Morgan fingerprint density at radius 2 is 2.12 bits per heavy atom. The van der Waals surface area contributed by atoms with Gasteiger partial charge in [0.15, 0.2) is 5.13 Å². The Labute approximate surface area is 157 Å². The molecule has 0 aliphatic carbocycles. The summed E-state index contributed by atoms with van der Waals surface area (Å²) in [6.45, 7) is 7.64. The van der Waals surface area contributed by atoms with Crippen LogP contribution >= 0.6 is 34.4 Å². The van der Waals surface area contributed by atoms with E-state index in [9.17, 15) is 9.59 Å². The molecule has 2 N–H and O–H groups in total. The third-order valence-electron chi connectivity index (χ3n) is 3.78. The maximum absolute atomic E-state index is 12.3. The summed E-state index contributed by atoms with van der Waals surface area (Å²) < 4.78 is 0. The van der Waals surface area contributed by atoms with Crippen LogP contribution < -0.4 is 10.9 Å². The standard InChI is InChI=1S/C16H18N4O2S3/c1-7-5-24-16(17-7)20-13(21)10(4)23-6-11-18-14(22)12-8(2)9(3)25-15(12)19-11/h5,10H,6H2,1-4H3,(H,17,20,21)(H,18,19,22). The summed E-state index contributed by atoms with van der Waals surface area (Å²) in [6.07, 6.45) is 0. The molecule has 0 aromatic carbocycles. The summed E-state index contributed by atoms with van der Waals surface area (Å²) in [5, 5.41) is 5.69. The third kappa shape index (κ3) is 3.94. The van der Waals surface area contributed by atoms with Crippen molar-refractivity contribution in [3.63, 3.8) is 0 Å². The van der Waals surface area contributed by atoms with Crippen LogP contribution in [0, 0.1) is 20.8 Å². The quantitative estimate of drug-likeness (QED) is 0.690. The number of carbonyl (C=O) groups excluding carboxylic acids is 1. The number of H-pyrrole nitrogens is 1. The largest absolute Gasteiger partial charge is 0.309 e. The SMILES string of the molecule is Cc1csc(NC(=O)C(C)SCc2nc3sc(C)c(C)c3c(=O)[nH]2)n1. The number of nitrogens with one attached hydrogen (secondary N) is 2. The lowest BCUT2D eigenvalue weighted by Crippen LogP contribution is -2.23. The predicted molar refractivity (Wildman–Crippen MR) is 106 cm³/mol. The van der Waals surface area contributed by atoms with Crippen molar-refractivity contribution >= 4 is 55.7 Å². The number of amides is 1. The fourth-order valence-corrected chi connectivity index (χ4v) is 4.76.